The van der Waals surface area contributed by atoms with E-state index in [1.807, 2.05) is 13.1 Å². The Morgan fingerprint density at radius 1 is 1.35 bits per heavy atom. The number of Topliss-reactive ketones (excluding diaryl/α,β-unsaturated/α-hetero) is 1. The van der Waals surface area contributed by atoms with Gasteiger partial charge in [0.25, 0.3) is 0 Å². The van der Waals surface area contributed by atoms with E-state index in [4.69, 9.17) is 0 Å². The van der Waals surface area contributed by atoms with Crippen LogP contribution in [0.15, 0.2) is 36.5 Å². The SMILES string of the molecule is Cc1cccc(CCC(=O)c2ccn(C)n2)c1. The van der Waals surface area contributed by atoms with Crippen molar-refractivity contribution in [3.05, 3.63) is 53.3 Å². The van der Waals surface area contributed by atoms with Crippen molar-refractivity contribution < 1.29 is 4.79 Å². The molecule has 0 aliphatic carbocycles. The third kappa shape index (κ3) is 3.03. The third-order valence-corrected chi connectivity index (χ3v) is 2.72. The number of hydrogen-bond acceptors (Lipinski definition) is 2. The van der Waals surface area contributed by atoms with Gasteiger partial charge in [-0.15, -0.1) is 0 Å². The summed E-state index contributed by atoms with van der Waals surface area (Å²) in [6.45, 7) is 2.06. The minimum atomic E-state index is 0.104. The first-order valence-electron chi connectivity index (χ1n) is 5.73. The Labute approximate surface area is 101 Å². The Balaban J connectivity index is 1.97. The normalized spacial score (nSPS) is 10.5. The summed E-state index contributed by atoms with van der Waals surface area (Å²) in [5, 5.41) is 4.11. The van der Waals surface area contributed by atoms with E-state index in [0.29, 0.717) is 12.1 Å². The molecule has 0 aliphatic rings. The molecule has 0 fully saturated rings. The molecule has 0 bridgehead atoms. The zero-order valence-corrected chi connectivity index (χ0v) is 10.2. The highest BCUT2D eigenvalue weighted by Gasteiger charge is 2.08. The molecule has 0 saturated heterocycles. The first-order chi connectivity index (χ1) is 8.15. The fourth-order valence-corrected chi connectivity index (χ4v) is 1.82. The van der Waals surface area contributed by atoms with Gasteiger partial charge in [0.1, 0.15) is 5.69 Å². The average molecular weight is 228 g/mol. The van der Waals surface area contributed by atoms with Gasteiger partial charge in [-0.3, -0.25) is 9.48 Å². The number of carbonyl (C=O) groups excluding carboxylic acids is 1. The fourth-order valence-electron chi connectivity index (χ4n) is 1.82. The predicted octanol–water partition coefficient (Wildman–Crippen LogP) is 2.54. The maximum atomic E-state index is 11.8. The molecule has 0 unspecified atom stereocenters. The van der Waals surface area contributed by atoms with Crippen molar-refractivity contribution in [2.45, 2.75) is 19.8 Å². The molecule has 2 rings (SSSR count). The van der Waals surface area contributed by atoms with Crippen LogP contribution in [0, 0.1) is 6.92 Å². The van der Waals surface area contributed by atoms with E-state index in [1.54, 1.807) is 16.9 Å². The molecular weight excluding hydrogens is 212 g/mol. The monoisotopic (exact) mass is 228 g/mol. The van der Waals surface area contributed by atoms with E-state index in [2.05, 4.69) is 30.2 Å². The fraction of sp³-hybridized carbons (Fsp3) is 0.286. The first-order valence-corrected chi connectivity index (χ1v) is 5.73. The van der Waals surface area contributed by atoms with E-state index in [9.17, 15) is 4.79 Å². The van der Waals surface area contributed by atoms with E-state index < -0.39 is 0 Å². The molecule has 0 amide bonds. The van der Waals surface area contributed by atoms with Gasteiger partial charge < -0.3 is 0 Å². The Kier molecular flexibility index (Phi) is 3.38. The number of hydrogen-bond donors (Lipinski definition) is 0. The zero-order chi connectivity index (χ0) is 12.3. The van der Waals surface area contributed by atoms with Crippen LogP contribution in [0.2, 0.25) is 0 Å². The second kappa shape index (κ2) is 4.95. The van der Waals surface area contributed by atoms with Gasteiger partial charge in [0.05, 0.1) is 0 Å². The molecule has 2 aromatic rings. The number of benzene rings is 1. The Morgan fingerprint density at radius 2 is 2.18 bits per heavy atom. The van der Waals surface area contributed by atoms with Gasteiger partial charge in [-0.25, -0.2) is 0 Å². The van der Waals surface area contributed by atoms with Crippen molar-refractivity contribution in [2.75, 3.05) is 0 Å². The molecule has 0 spiro atoms. The number of aryl methyl sites for hydroxylation is 3. The second-order valence-corrected chi connectivity index (χ2v) is 4.29. The van der Waals surface area contributed by atoms with Crippen molar-refractivity contribution in [3.63, 3.8) is 0 Å². The smallest absolute Gasteiger partial charge is 0.183 e. The summed E-state index contributed by atoms with van der Waals surface area (Å²) in [7, 11) is 1.82. The number of carbonyl (C=O) groups is 1. The Bertz CT molecular complexity index is 529. The van der Waals surface area contributed by atoms with Crippen molar-refractivity contribution in [1.82, 2.24) is 9.78 Å². The standard InChI is InChI=1S/C14H16N2O/c1-11-4-3-5-12(10-11)6-7-14(17)13-8-9-16(2)15-13/h3-5,8-10H,6-7H2,1-2H3. The molecule has 3 nitrogen and oxygen atoms in total. The molecule has 17 heavy (non-hydrogen) atoms. The molecule has 1 aromatic carbocycles. The molecular formula is C14H16N2O. The summed E-state index contributed by atoms with van der Waals surface area (Å²) in [5.74, 6) is 0.104. The number of nitrogens with zero attached hydrogens (tertiary/aromatic N) is 2. The zero-order valence-electron chi connectivity index (χ0n) is 10.2. The summed E-state index contributed by atoms with van der Waals surface area (Å²) < 4.78 is 1.65. The van der Waals surface area contributed by atoms with Gasteiger partial charge in [-0.05, 0) is 25.0 Å². The molecule has 1 heterocycles. The van der Waals surface area contributed by atoms with Gasteiger partial charge in [-0.2, -0.15) is 5.10 Å². The highest BCUT2D eigenvalue weighted by atomic mass is 16.1. The Hall–Kier alpha value is -1.90. The molecule has 0 atom stereocenters. The largest absolute Gasteiger partial charge is 0.292 e. The third-order valence-electron chi connectivity index (χ3n) is 2.72. The van der Waals surface area contributed by atoms with Crippen molar-refractivity contribution in [1.29, 1.82) is 0 Å². The molecule has 0 saturated carbocycles. The maximum absolute atomic E-state index is 11.8. The Morgan fingerprint density at radius 3 is 2.82 bits per heavy atom. The van der Waals surface area contributed by atoms with Crippen LogP contribution in [0.4, 0.5) is 0 Å². The summed E-state index contributed by atoms with van der Waals surface area (Å²) in [5.41, 5.74) is 2.99. The van der Waals surface area contributed by atoms with Crippen LogP contribution in [0.1, 0.15) is 28.0 Å². The molecule has 0 aliphatic heterocycles. The molecule has 0 N–H and O–H groups in total. The summed E-state index contributed by atoms with van der Waals surface area (Å²) >= 11 is 0. The lowest BCUT2D eigenvalue weighted by molar-refractivity contribution is 0.0977. The van der Waals surface area contributed by atoms with E-state index in [1.165, 1.54) is 11.1 Å². The van der Waals surface area contributed by atoms with Crippen molar-refractivity contribution >= 4 is 5.78 Å². The van der Waals surface area contributed by atoms with Gasteiger partial charge in [0, 0.05) is 19.7 Å². The minimum Gasteiger partial charge on any atom is -0.292 e. The van der Waals surface area contributed by atoms with Gasteiger partial charge in [0.2, 0.25) is 0 Å². The van der Waals surface area contributed by atoms with Crippen LogP contribution >= 0.6 is 0 Å². The maximum Gasteiger partial charge on any atom is 0.183 e. The van der Waals surface area contributed by atoms with Crippen molar-refractivity contribution in [3.8, 4) is 0 Å². The molecule has 0 radical (unpaired) electrons. The van der Waals surface area contributed by atoms with E-state index >= 15 is 0 Å². The highest BCUT2D eigenvalue weighted by molar-refractivity contribution is 5.94. The average Bonchev–Trinajstić information content (AvgIpc) is 2.73. The quantitative estimate of drug-likeness (QED) is 0.754. The van der Waals surface area contributed by atoms with Gasteiger partial charge in [-0.1, -0.05) is 29.8 Å². The number of ketones is 1. The lowest BCUT2D eigenvalue weighted by Crippen LogP contribution is -2.03. The van der Waals surface area contributed by atoms with Crippen molar-refractivity contribution in [2.24, 2.45) is 7.05 Å². The van der Waals surface area contributed by atoms with Crippen LogP contribution in [0.5, 0.6) is 0 Å². The van der Waals surface area contributed by atoms with Crippen LogP contribution in [0.25, 0.3) is 0 Å². The minimum absolute atomic E-state index is 0.104. The topological polar surface area (TPSA) is 34.9 Å². The number of aromatic nitrogens is 2. The lowest BCUT2D eigenvalue weighted by Gasteiger charge is -2.01. The summed E-state index contributed by atoms with van der Waals surface area (Å²) in [4.78, 5) is 11.8. The molecule has 88 valence electrons. The van der Waals surface area contributed by atoms with Crippen LogP contribution in [-0.2, 0) is 13.5 Å². The predicted molar refractivity (Wildman–Crippen MR) is 67.0 cm³/mol. The summed E-state index contributed by atoms with van der Waals surface area (Å²) in [6.07, 6.45) is 3.08. The molecule has 3 heteroatoms. The highest BCUT2D eigenvalue weighted by Crippen LogP contribution is 2.09. The van der Waals surface area contributed by atoms with E-state index in [0.717, 1.165) is 6.42 Å². The van der Waals surface area contributed by atoms with Crippen LogP contribution in [0.3, 0.4) is 0 Å². The van der Waals surface area contributed by atoms with E-state index in [-0.39, 0.29) is 5.78 Å². The summed E-state index contributed by atoms with van der Waals surface area (Å²) in [6, 6.07) is 10.0. The van der Waals surface area contributed by atoms with Crippen LogP contribution in [-0.4, -0.2) is 15.6 Å². The van der Waals surface area contributed by atoms with Gasteiger partial charge >= 0.3 is 0 Å². The lowest BCUT2D eigenvalue weighted by atomic mass is 10.0. The van der Waals surface area contributed by atoms with Crippen LogP contribution < -0.4 is 0 Å². The van der Waals surface area contributed by atoms with Gasteiger partial charge in [0.15, 0.2) is 5.78 Å². The number of rotatable bonds is 4. The molecule has 1 aromatic heterocycles. The second-order valence-electron chi connectivity index (χ2n) is 4.29. The first kappa shape index (κ1) is 11.6.